The average molecular weight is 1180 g/mol. The van der Waals surface area contributed by atoms with Crippen molar-refractivity contribution in [1.82, 2.24) is 5.32 Å². The Balaban J connectivity index is 3.28. The third-order valence-electron chi connectivity index (χ3n) is 18.2. The maximum absolute atomic E-state index is 12.4. The Kier molecular flexibility index (Phi) is 72.3. The summed E-state index contributed by atoms with van der Waals surface area (Å²) in [6, 6.07) is -0.535. The largest absolute Gasteiger partial charge is 0.466 e. The second-order valence-corrected chi connectivity index (χ2v) is 26.7. The van der Waals surface area contributed by atoms with Crippen molar-refractivity contribution in [2.24, 2.45) is 0 Å². The average Bonchev–Trinajstić information content (AvgIpc) is 3.51. The third-order valence-corrected chi connectivity index (χ3v) is 18.2. The summed E-state index contributed by atoms with van der Waals surface area (Å²) in [6.07, 6.45) is 94.3. The predicted octanol–water partition coefficient (Wildman–Crippen LogP) is 25.3. The predicted molar refractivity (Wildman–Crippen MR) is 370 cm³/mol. The highest BCUT2D eigenvalue weighted by Crippen LogP contribution is 2.19. The van der Waals surface area contributed by atoms with Crippen LogP contribution in [0.3, 0.4) is 0 Å². The van der Waals surface area contributed by atoms with Crippen LogP contribution in [0.25, 0.3) is 0 Å². The monoisotopic (exact) mass is 1180 g/mol. The number of aliphatic hydroxyl groups is 2. The van der Waals surface area contributed by atoms with E-state index in [1.807, 2.05) is 0 Å². The Morgan fingerprint density at radius 2 is 0.560 bits per heavy atom. The van der Waals surface area contributed by atoms with Gasteiger partial charge in [0.1, 0.15) is 0 Å². The minimum Gasteiger partial charge on any atom is -0.466 e. The zero-order valence-corrected chi connectivity index (χ0v) is 57.2. The van der Waals surface area contributed by atoms with E-state index in [1.54, 1.807) is 0 Å². The fourth-order valence-corrected chi connectivity index (χ4v) is 12.3. The molecule has 0 aliphatic heterocycles. The van der Waals surface area contributed by atoms with Gasteiger partial charge < -0.3 is 20.3 Å². The van der Waals surface area contributed by atoms with Crippen LogP contribution >= 0.6 is 0 Å². The maximum atomic E-state index is 12.4. The highest BCUT2D eigenvalue weighted by molar-refractivity contribution is 5.76. The molecule has 6 heteroatoms. The van der Waals surface area contributed by atoms with Crippen LogP contribution in [0.15, 0.2) is 24.3 Å². The van der Waals surface area contributed by atoms with E-state index in [2.05, 4.69) is 43.5 Å². The van der Waals surface area contributed by atoms with E-state index < -0.39 is 12.1 Å². The molecule has 6 nitrogen and oxygen atoms in total. The number of ether oxygens (including phenoxy) is 1. The molecule has 0 aliphatic carbocycles. The molecule has 84 heavy (non-hydrogen) atoms. The van der Waals surface area contributed by atoms with Gasteiger partial charge in [0.2, 0.25) is 5.91 Å². The van der Waals surface area contributed by atoms with Crippen molar-refractivity contribution in [3.63, 3.8) is 0 Å². The Bertz CT molecular complexity index is 1320. The number of rotatable bonds is 73. The molecule has 1 amide bonds. The molecular weight excluding hydrogens is 1030 g/mol. The first-order valence-corrected chi connectivity index (χ1v) is 38.6. The normalized spacial score (nSPS) is 12.6. The highest BCUT2D eigenvalue weighted by atomic mass is 16.5. The number of hydrogen-bond acceptors (Lipinski definition) is 5. The number of nitrogens with one attached hydrogen (secondary N) is 1. The van der Waals surface area contributed by atoms with Crippen LogP contribution in [-0.2, 0) is 14.3 Å². The molecule has 2 unspecified atom stereocenters. The van der Waals surface area contributed by atoms with Gasteiger partial charge in [-0.2, -0.15) is 0 Å². The van der Waals surface area contributed by atoms with Crippen molar-refractivity contribution in [2.75, 3.05) is 13.2 Å². The Morgan fingerprint density at radius 3 is 0.845 bits per heavy atom. The summed E-state index contributed by atoms with van der Waals surface area (Å²) in [4.78, 5) is 24.6. The first-order valence-electron chi connectivity index (χ1n) is 38.6. The quantitative estimate of drug-likeness (QED) is 0.0320. The molecule has 0 rings (SSSR count). The van der Waals surface area contributed by atoms with Gasteiger partial charge in [0.15, 0.2) is 0 Å². The number of carbonyl (C=O) groups excluding carboxylic acids is 2. The molecule has 0 aliphatic rings. The highest BCUT2D eigenvalue weighted by Gasteiger charge is 2.20. The van der Waals surface area contributed by atoms with Gasteiger partial charge in [-0.3, -0.25) is 9.59 Å². The number of carbonyl (C=O) groups is 2. The third kappa shape index (κ3) is 69.4. The minimum atomic E-state index is -0.658. The van der Waals surface area contributed by atoms with Gasteiger partial charge >= 0.3 is 5.97 Å². The zero-order chi connectivity index (χ0) is 60.6. The van der Waals surface area contributed by atoms with E-state index in [1.165, 1.54) is 366 Å². The molecule has 0 aromatic carbocycles. The SMILES string of the molecule is CCCCCCCC/C=C\CCCCCCCCCCCC(=O)OCCCCCCCCCCCCCCCCCCCC/C=C\CCCCCCCCCCCCCCCCCCCC(=O)NC(CO)C(O)CCCCCCCCCCC. The number of hydrogen-bond donors (Lipinski definition) is 3. The second-order valence-electron chi connectivity index (χ2n) is 26.7. The summed E-state index contributed by atoms with van der Waals surface area (Å²) in [5, 5.41) is 23.2. The number of amides is 1. The van der Waals surface area contributed by atoms with Gasteiger partial charge in [0.05, 0.1) is 25.4 Å². The van der Waals surface area contributed by atoms with Crippen molar-refractivity contribution < 1.29 is 24.5 Å². The molecule has 0 saturated heterocycles. The zero-order valence-electron chi connectivity index (χ0n) is 57.2. The summed E-state index contributed by atoms with van der Waals surface area (Å²) in [6.45, 7) is 4.97. The van der Waals surface area contributed by atoms with Crippen LogP contribution in [-0.4, -0.2) is 47.4 Å². The van der Waals surface area contributed by atoms with Gasteiger partial charge in [-0.15, -0.1) is 0 Å². The molecular formula is C78H151NO5. The van der Waals surface area contributed by atoms with Gasteiger partial charge in [-0.25, -0.2) is 0 Å². The molecule has 498 valence electrons. The smallest absolute Gasteiger partial charge is 0.305 e. The lowest BCUT2D eigenvalue weighted by atomic mass is 10.0. The summed E-state index contributed by atoms with van der Waals surface area (Å²) < 4.78 is 5.52. The van der Waals surface area contributed by atoms with Gasteiger partial charge in [0, 0.05) is 12.8 Å². The van der Waals surface area contributed by atoms with Crippen LogP contribution in [0.4, 0.5) is 0 Å². The number of esters is 1. The van der Waals surface area contributed by atoms with Crippen LogP contribution in [0, 0.1) is 0 Å². The number of unbranched alkanes of at least 4 members (excludes halogenated alkanes) is 58. The van der Waals surface area contributed by atoms with Crippen molar-refractivity contribution >= 4 is 11.9 Å². The molecule has 2 atom stereocenters. The van der Waals surface area contributed by atoms with Crippen molar-refractivity contribution in [2.45, 2.75) is 450 Å². The van der Waals surface area contributed by atoms with Crippen molar-refractivity contribution in [1.29, 1.82) is 0 Å². The van der Waals surface area contributed by atoms with Gasteiger partial charge in [-0.05, 0) is 77.0 Å². The molecule has 0 saturated carbocycles. The van der Waals surface area contributed by atoms with Crippen LogP contribution in [0.1, 0.15) is 438 Å². The lowest BCUT2D eigenvalue weighted by Gasteiger charge is -2.22. The molecule has 0 bridgehead atoms. The van der Waals surface area contributed by atoms with E-state index >= 15 is 0 Å². The first-order chi connectivity index (χ1) is 41.5. The van der Waals surface area contributed by atoms with Crippen LogP contribution < -0.4 is 5.32 Å². The minimum absolute atomic E-state index is 0.0228. The fraction of sp³-hybridized carbons (Fsp3) is 0.923. The Hall–Kier alpha value is -1.66. The number of allylic oxidation sites excluding steroid dienone is 4. The van der Waals surface area contributed by atoms with Crippen LogP contribution in [0.5, 0.6) is 0 Å². The fourth-order valence-electron chi connectivity index (χ4n) is 12.3. The van der Waals surface area contributed by atoms with Gasteiger partial charge in [-0.1, -0.05) is 372 Å². The summed E-state index contributed by atoms with van der Waals surface area (Å²) in [5.74, 6) is -0.00811. The first kappa shape index (κ1) is 82.3. The van der Waals surface area contributed by atoms with E-state index in [4.69, 9.17) is 4.74 Å². The molecule has 0 aromatic rings. The molecule has 0 aromatic heterocycles. The lowest BCUT2D eigenvalue weighted by molar-refractivity contribution is -0.143. The molecule has 3 N–H and O–H groups in total. The standard InChI is InChI=1S/C78H151NO5/c1-3-5-7-9-11-13-14-15-16-17-39-43-46-49-52-56-60-64-68-72-78(83)84-73-69-65-61-57-53-50-47-44-41-38-36-34-32-30-28-26-24-22-20-18-19-21-23-25-27-29-31-33-35-37-40-42-45-48-51-55-59-63-67-71-77(82)79-75(74-80)76(81)70-66-62-58-54-12-10-8-6-4-2/h15-16,18-19,75-76,80-81H,3-14,17,20-74H2,1-2H3,(H,79,82)/b16-15-,19-18-. The topological polar surface area (TPSA) is 95.9 Å². The van der Waals surface area contributed by atoms with E-state index in [9.17, 15) is 19.8 Å². The van der Waals surface area contributed by atoms with E-state index in [-0.39, 0.29) is 18.5 Å². The molecule has 0 radical (unpaired) electrons. The lowest BCUT2D eigenvalue weighted by Crippen LogP contribution is -2.45. The molecule has 0 fully saturated rings. The summed E-state index contributed by atoms with van der Waals surface area (Å²) in [5.41, 5.74) is 0. The van der Waals surface area contributed by atoms with Crippen molar-refractivity contribution in [3.8, 4) is 0 Å². The molecule has 0 heterocycles. The van der Waals surface area contributed by atoms with Crippen molar-refractivity contribution in [3.05, 3.63) is 24.3 Å². The Morgan fingerprint density at radius 1 is 0.321 bits per heavy atom. The van der Waals surface area contributed by atoms with Crippen LogP contribution in [0.2, 0.25) is 0 Å². The molecule has 0 spiro atoms. The second kappa shape index (κ2) is 73.8. The maximum Gasteiger partial charge on any atom is 0.305 e. The summed E-state index contributed by atoms with van der Waals surface area (Å²) in [7, 11) is 0. The Labute approximate surface area is 526 Å². The van der Waals surface area contributed by atoms with E-state index in [0.29, 0.717) is 25.9 Å². The van der Waals surface area contributed by atoms with Gasteiger partial charge in [0.25, 0.3) is 0 Å². The van der Waals surface area contributed by atoms with E-state index in [0.717, 1.165) is 38.5 Å². The summed E-state index contributed by atoms with van der Waals surface area (Å²) >= 11 is 0. The number of aliphatic hydroxyl groups excluding tert-OH is 2.